The van der Waals surface area contributed by atoms with Crippen LogP contribution in [-0.2, 0) is 43.5 Å². The maximum Gasteiger partial charge on any atom is 0.490 e. The fourth-order valence-corrected chi connectivity index (χ4v) is 1.90. The summed E-state index contributed by atoms with van der Waals surface area (Å²) in [5.41, 5.74) is 5.73. The van der Waals surface area contributed by atoms with Crippen LogP contribution in [0.25, 0.3) is 0 Å². The number of hydrogen-bond donors (Lipinski definition) is 2. The summed E-state index contributed by atoms with van der Waals surface area (Å²) in [5.74, 6) is -2.29. The number of aliphatic hydroxyl groups excluding tert-OH is 1. The first-order chi connectivity index (χ1) is 12.9. The maximum atomic E-state index is 12.2. The normalized spacial score (nSPS) is 11.7. The average Bonchev–Trinajstić information content (AvgIpc) is 3.02. The Labute approximate surface area is 154 Å². The summed E-state index contributed by atoms with van der Waals surface area (Å²) >= 11 is 0. The van der Waals surface area contributed by atoms with Gasteiger partial charge in [0.25, 0.3) is 0 Å². The molecule has 0 bridgehead atoms. The van der Waals surface area contributed by atoms with Crippen molar-refractivity contribution in [3.8, 4) is 0 Å². The molecule has 0 aliphatic carbocycles. The van der Waals surface area contributed by atoms with E-state index in [1.807, 2.05) is 0 Å². The third kappa shape index (κ3) is 9.68. The van der Waals surface area contributed by atoms with E-state index in [-0.39, 0.29) is 24.5 Å². The second-order valence-electron chi connectivity index (χ2n) is 5.21. The fraction of sp³-hybridized carbons (Fsp3) is 0.733. The van der Waals surface area contributed by atoms with Crippen molar-refractivity contribution in [2.24, 2.45) is 5.73 Å². The Morgan fingerprint density at radius 1 is 1.11 bits per heavy atom. The highest BCUT2D eigenvalue weighted by atomic mass is 19.4. The monoisotopic (exact) mass is 399 g/mol. The quantitative estimate of drug-likeness (QED) is 0.331. The molecule has 0 atom stereocenters. The van der Waals surface area contributed by atoms with E-state index in [1.165, 1.54) is 10.7 Å². The van der Waals surface area contributed by atoms with Gasteiger partial charge in [0.05, 0.1) is 64.2 Å². The molecule has 0 radical (unpaired) electrons. The van der Waals surface area contributed by atoms with E-state index in [0.717, 1.165) is 0 Å². The number of nitrogens with zero attached hydrogens (tertiary/aromatic N) is 2. The zero-order valence-corrected chi connectivity index (χ0v) is 14.7. The molecule has 1 heterocycles. The third-order valence-electron chi connectivity index (χ3n) is 3.11. The van der Waals surface area contributed by atoms with Gasteiger partial charge in [0.2, 0.25) is 0 Å². The lowest BCUT2D eigenvalue weighted by Gasteiger charge is -2.10. The molecule has 0 amide bonds. The Balaban J connectivity index is 2.29. The highest BCUT2D eigenvalue weighted by Crippen LogP contribution is 2.18. The van der Waals surface area contributed by atoms with Crippen LogP contribution in [-0.4, -0.2) is 73.2 Å². The molecule has 156 valence electrons. The molecule has 3 N–H and O–H groups in total. The van der Waals surface area contributed by atoms with E-state index in [1.54, 1.807) is 0 Å². The van der Waals surface area contributed by atoms with Crippen LogP contribution in [0.2, 0.25) is 0 Å². The molecule has 0 saturated carbocycles. The Bertz CT molecular complexity index is 553. The highest BCUT2D eigenvalue weighted by Gasteiger charge is 2.41. The number of alkyl halides is 3. The first-order valence-electron chi connectivity index (χ1n) is 8.22. The summed E-state index contributed by atoms with van der Waals surface area (Å²) < 4.78 is 57.8. The van der Waals surface area contributed by atoms with Gasteiger partial charge < -0.3 is 29.8 Å². The number of nitrogens with two attached hydrogens (primary N) is 1. The summed E-state index contributed by atoms with van der Waals surface area (Å²) in [4.78, 5) is 10.8. The molecule has 9 nitrogen and oxygen atoms in total. The molecule has 0 saturated heterocycles. The Morgan fingerprint density at radius 2 is 1.70 bits per heavy atom. The van der Waals surface area contributed by atoms with Crippen LogP contribution >= 0.6 is 0 Å². The molecular formula is C15H24F3N3O6. The first-order valence-corrected chi connectivity index (χ1v) is 8.22. The van der Waals surface area contributed by atoms with Crippen LogP contribution in [0.5, 0.6) is 0 Å². The second-order valence-corrected chi connectivity index (χ2v) is 5.21. The van der Waals surface area contributed by atoms with Gasteiger partial charge in [0, 0.05) is 6.54 Å². The molecule has 0 aliphatic heterocycles. The molecule has 27 heavy (non-hydrogen) atoms. The Hall–Kier alpha value is -1.73. The molecule has 1 aromatic rings. The molecule has 12 heteroatoms. The number of aliphatic hydroxyl groups is 1. The van der Waals surface area contributed by atoms with E-state index in [4.69, 9.17) is 25.1 Å². The lowest BCUT2D eigenvalue weighted by Crippen LogP contribution is -2.25. The van der Waals surface area contributed by atoms with Gasteiger partial charge in [-0.25, -0.2) is 4.79 Å². The minimum absolute atomic E-state index is 0.207. The van der Waals surface area contributed by atoms with Gasteiger partial charge in [-0.05, 0) is 6.07 Å². The largest absolute Gasteiger partial charge is 0.490 e. The first kappa shape index (κ1) is 23.3. The number of carbonyl (C=O) groups is 1. The van der Waals surface area contributed by atoms with Crippen LogP contribution in [0.3, 0.4) is 0 Å². The van der Waals surface area contributed by atoms with Gasteiger partial charge in [0.15, 0.2) is 0 Å². The summed E-state index contributed by atoms with van der Waals surface area (Å²) in [5, 5.41) is 13.1. The van der Waals surface area contributed by atoms with Crippen molar-refractivity contribution in [3.05, 3.63) is 17.5 Å². The fourth-order valence-electron chi connectivity index (χ4n) is 1.90. The van der Waals surface area contributed by atoms with Crippen LogP contribution in [0.15, 0.2) is 6.07 Å². The molecular weight excluding hydrogens is 375 g/mol. The van der Waals surface area contributed by atoms with Gasteiger partial charge >= 0.3 is 12.1 Å². The maximum absolute atomic E-state index is 12.2. The van der Waals surface area contributed by atoms with E-state index in [2.05, 4.69) is 9.84 Å². The number of rotatable bonds is 14. The molecule has 0 spiro atoms. The van der Waals surface area contributed by atoms with Crippen molar-refractivity contribution in [3.63, 3.8) is 0 Å². The van der Waals surface area contributed by atoms with E-state index < -0.39 is 25.4 Å². The lowest BCUT2D eigenvalue weighted by atomic mass is 10.3. The number of ether oxygens (including phenoxy) is 4. The average molecular weight is 399 g/mol. The van der Waals surface area contributed by atoms with Crippen molar-refractivity contribution < 1.29 is 42.0 Å². The molecule has 0 aromatic carbocycles. The van der Waals surface area contributed by atoms with Gasteiger partial charge in [-0.2, -0.15) is 18.3 Å². The van der Waals surface area contributed by atoms with Gasteiger partial charge in [0.1, 0.15) is 6.61 Å². The van der Waals surface area contributed by atoms with E-state index in [0.29, 0.717) is 39.6 Å². The van der Waals surface area contributed by atoms with Gasteiger partial charge in [-0.15, -0.1) is 0 Å². The summed E-state index contributed by atoms with van der Waals surface area (Å²) in [6, 6.07) is 1.36. The van der Waals surface area contributed by atoms with Crippen LogP contribution < -0.4 is 5.73 Å². The van der Waals surface area contributed by atoms with E-state index >= 15 is 0 Å². The number of carbonyl (C=O) groups excluding carboxylic acids is 1. The predicted molar refractivity (Wildman–Crippen MR) is 85.5 cm³/mol. The Morgan fingerprint density at radius 3 is 2.26 bits per heavy atom. The molecule has 1 aromatic heterocycles. The van der Waals surface area contributed by atoms with Crippen molar-refractivity contribution in [1.82, 2.24) is 9.78 Å². The van der Waals surface area contributed by atoms with Crippen LogP contribution in [0, 0.1) is 0 Å². The minimum atomic E-state index is -5.07. The molecule has 1 rings (SSSR count). The molecule has 0 aliphatic rings. The van der Waals surface area contributed by atoms with Crippen LogP contribution in [0.4, 0.5) is 13.2 Å². The summed E-state index contributed by atoms with van der Waals surface area (Å²) in [7, 11) is 0. The SMILES string of the molecule is NCCOCCOCCOCCn1nc(CO)cc1COC(=O)C(F)(F)F. The smallest absolute Gasteiger partial charge is 0.453 e. The van der Waals surface area contributed by atoms with Crippen molar-refractivity contribution in [2.45, 2.75) is 25.9 Å². The number of aromatic nitrogens is 2. The zero-order chi connectivity index (χ0) is 20.1. The van der Waals surface area contributed by atoms with Crippen molar-refractivity contribution >= 4 is 5.97 Å². The number of halogens is 3. The number of esters is 1. The lowest BCUT2D eigenvalue weighted by molar-refractivity contribution is -0.201. The second kappa shape index (κ2) is 12.6. The van der Waals surface area contributed by atoms with E-state index in [9.17, 15) is 18.0 Å². The summed E-state index contributed by atoms with van der Waals surface area (Å²) in [6.07, 6.45) is -5.07. The van der Waals surface area contributed by atoms with Crippen molar-refractivity contribution in [1.29, 1.82) is 0 Å². The Kier molecular flexibility index (Phi) is 10.9. The standard InChI is InChI=1S/C15H24F3N3O6/c16-15(17,18)14(23)27-11-13-9-12(10-22)20-21(13)2-4-25-6-8-26-7-5-24-3-1-19/h9,22H,1-8,10-11,19H2. The minimum Gasteiger partial charge on any atom is -0.453 e. The number of hydrogen-bond acceptors (Lipinski definition) is 8. The highest BCUT2D eigenvalue weighted by molar-refractivity contribution is 5.75. The van der Waals surface area contributed by atoms with Crippen LogP contribution in [0.1, 0.15) is 11.4 Å². The zero-order valence-electron chi connectivity index (χ0n) is 14.7. The molecule has 0 unspecified atom stereocenters. The van der Waals surface area contributed by atoms with Gasteiger partial charge in [-0.1, -0.05) is 0 Å². The van der Waals surface area contributed by atoms with Crippen molar-refractivity contribution in [2.75, 3.05) is 46.2 Å². The third-order valence-corrected chi connectivity index (χ3v) is 3.11. The van der Waals surface area contributed by atoms with Gasteiger partial charge in [-0.3, -0.25) is 4.68 Å². The topological polar surface area (TPSA) is 118 Å². The molecule has 0 fully saturated rings. The summed E-state index contributed by atoms with van der Waals surface area (Å²) in [6.45, 7) is 1.84. The predicted octanol–water partition coefficient (Wildman–Crippen LogP) is -0.0106.